The highest BCUT2D eigenvalue weighted by molar-refractivity contribution is 5.60. The minimum absolute atomic E-state index is 0.208. The van der Waals surface area contributed by atoms with Gasteiger partial charge in [0.25, 0.3) is 6.43 Å². The minimum Gasteiger partial charge on any atom is -0.390 e. The molecule has 0 amide bonds. The van der Waals surface area contributed by atoms with Crippen LogP contribution in [0.3, 0.4) is 0 Å². The summed E-state index contributed by atoms with van der Waals surface area (Å²) in [6.45, 7) is 2.06. The highest BCUT2D eigenvalue weighted by Gasteiger charge is 2.19. The van der Waals surface area contributed by atoms with Gasteiger partial charge in [-0.1, -0.05) is 24.9 Å². The smallest absolute Gasteiger partial charge is 0.280 e. The van der Waals surface area contributed by atoms with Crippen LogP contribution in [0.4, 0.5) is 8.78 Å². The Morgan fingerprint density at radius 3 is 2.76 bits per heavy atom. The zero-order valence-electron chi connectivity index (χ0n) is 14.5. The molecule has 25 heavy (non-hydrogen) atoms. The van der Waals surface area contributed by atoms with Gasteiger partial charge in [-0.25, -0.2) is 19.2 Å². The quantitative estimate of drug-likeness (QED) is 0.746. The van der Waals surface area contributed by atoms with E-state index in [0.717, 1.165) is 18.4 Å². The average molecular weight is 354 g/mol. The SMILES string of the molecule is COCc1cc(C(F)F)nc2c(ONNC3CCCCC3)c(C)cn12. The van der Waals surface area contributed by atoms with Crippen molar-refractivity contribution in [3.05, 3.63) is 29.2 Å². The molecule has 0 aromatic carbocycles. The van der Waals surface area contributed by atoms with Crippen LogP contribution in [0, 0.1) is 6.92 Å². The summed E-state index contributed by atoms with van der Waals surface area (Å²) in [5.41, 5.74) is 7.37. The van der Waals surface area contributed by atoms with E-state index in [1.54, 1.807) is 4.40 Å². The molecule has 2 aromatic heterocycles. The molecule has 0 aliphatic heterocycles. The van der Waals surface area contributed by atoms with Crippen LogP contribution < -0.4 is 15.9 Å². The van der Waals surface area contributed by atoms with Crippen LogP contribution in [-0.2, 0) is 11.3 Å². The number of nitrogens with zero attached hydrogens (tertiary/aromatic N) is 2. The van der Waals surface area contributed by atoms with E-state index in [9.17, 15) is 8.78 Å². The highest BCUT2D eigenvalue weighted by atomic mass is 19.3. The number of methoxy groups -OCH3 is 1. The van der Waals surface area contributed by atoms with Gasteiger partial charge in [-0.05, 0) is 25.8 Å². The lowest BCUT2D eigenvalue weighted by atomic mass is 9.96. The third-order valence-corrected chi connectivity index (χ3v) is 4.51. The Hall–Kier alpha value is -1.77. The Morgan fingerprint density at radius 2 is 2.08 bits per heavy atom. The molecule has 1 aliphatic rings. The number of fused-ring (bicyclic) bond motifs is 1. The molecule has 2 heterocycles. The zero-order chi connectivity index (χ0) is 17.8. The molecule has 0 bridgehead atoms. The first-order chi connectivity index (χ1) is 12.1. The molecule has 138 valence electrons. The summed E-state index contributed by atoms with van der Waals surface area (Å²) in [6, 6.07) is 1.72. The molecule has 1 fully saturated rings. The molecule has 0 radical (unpaired) electrons. The second-order valence-electron chi connectivity index (χ2n) is 6.42. The molecule has 0 atom stereocenters. The Morgan fingerprint density at radius 1 is 1.32 bits per heavy atom. The second-order valence-corrected chi connectivity index (χ2v) is 6.42. The Bertz CT molecular complexity index is 714. The van der Waals surface area contributed by atoms with Crippen molar-refractivity contribution in [1.82, 2.24) is 20.4 Å². The highest BCUT2D eigenvalue weighted by Crippen LogP contribution is 2.29. The molecule has 1 saturated carbocycles. The predicted octanol–water partition coefficient (Wildman–Crippen LogP) is 3.45. The molecular formula is C17H24F2N4O2. The fourth-order valence-corrected chi connectivity index (χ4v) is 3.23. The van der Waals surface area contributed by atoms with Gasteiger partial charge in [0, 0.05) is 24.9 Å². The van der Waals surface area contributed by atoms with Gasteiger partial charge < -0.3 is 9.57 Å². The maximum atomic E-state index is 13.2. The van der Waals surface area contributed by atoms with Crippen molar-refractivity contribution in [2.24, 2.45) is 0 Å². The largest absolute Gasteiger partial charge is 0.390 e. The fourth-order valence-electron chi connectivity index (χ4n) is 3.23. The lowest BCUT2D eigenvalue weighted by Crippen LogP contribution is -2.43. The molecule has 0 unspecified atom stereocenters. The minimum atomic E-state index is -2.66. The van der Waals surface area contributed by atoms with Gasteiger partial charge >= 0.3 is 0 Å². The van der Waals surface area contributed by atoms with Crippen LogP contribution in [0.15, 0.2) is 12.3 Å². The molecule has 1 aliphatic carbocycles. The van der Waals surface area contributed by atoms with Crippen molar-refractivity contribution >= 4 is 5.65 Å². The molecule has 2 aromatic rings. The lowest BCUT2D eigenvalue weighted by Gasteiger charge is -2.22. The molecule has 0 saturated heterocycles. The molecule has 3 rings (SSSR count). The molecule has 0 spiro atoms. The zero-order valence-corrected chi connectivity index (χ0v) is 14.5. The average Bonchev–Trinajstić information content (AvgIpc) is 2.92. The topological polar surface area (TPSA) is 59.8 Å². The maximum absolute atomic E-state index is 13.2. The standard InChI is InChI=1S/C17H24F2N4O2/c1-11-9-23-13(10-24-2)8-14(16(18)19)20-17(23)15(11)25-22-21-12-6-4-3-5-7-12/h8-9,12,16,21-22H,3-7,10H2,1-2H3. The van der Waals surface area contributed by atoms with E-state index in [0.29, 0.717) is 23.1 Å². The van der Waals surface area contributed by atoms with E-state index < -0.39 is 6.43 Å². The van der Waals surface area contributed by atoms with Gasteiger partial charge in [0.05, 0.1) is 12.3 Å². The van der Waals surface area contributed by atoms with Gasteiger partial charge in [-0.3, -0.25) is 4.40 Å². The van der Waals surface area contributed by atoms with Gasteiger partial charge in [0.15, 0.2) is 11.4 Å². The van der Waals surface area contributed by atoms with E-state index in [4.69, 9.17) is 9.57 Å². The molecular weight excluding hydrogens is 330 g/mol. The number of ether oxygens (including phenoxy) is 1. The van der Waals surface area contributed by atoms with Crippen LogP contribution in [0.2, 0.25) is 0 Å². The van der Waals surface area contributed by atoms with E-state index in [-0.39, 0.29) is 12.3 Å². The van der Waals surface area contributed by atoms with Crippen molar-refractivity contribution in [1.29, 1.82) is 0 Å². The molecule has 8 heteroatoms. The summed E-state index contributed by atoms with van der Waals surface area (Å²) in [7, 11) is 1.53. The van der Waals surface area contributed by atoms with Crippen LogP contribution >= 0.6 is 0 Å². The van der Waals surface area contributed by atoms with E-state index in [1.165, 1.54) is 32.4 Å². The Balaban J connectivity index is 1.82. The number of aromatic nitrogens is 2. The number of halogens is 2. The predicted molar refractivity (Wildman–Crippen MR) is 89.4 cm³/mol. The fraction of sp³-hybridized carbons (Fsp3) is 0.588. The molecule has 2 N–H and O–H groups in total. The summed E-state index contributed by atoms with van der Waals surface area (Å²) < 4.78 is 33.2. The monoisotopic (exact) mass is 354 g/mol. The summed E-state index contributed by atoms with van der Waals surface area (Å²) in [5, 5.41) is 0. The first-order valence-corrected chi connectivity index (χ1v) is 8.56. The van der Waals surface area contributed by atoms with Crippen molar-refractivity contribution in [3.8, 4) is 5.75 Å². The third kappa shape index (κ3) is 4.08. The van der Waals surface area contributed by atoms with E-state index in [2.05, 4.69) is 16.0 Å². The lowest BCUT2D eigenvalue weighted by molar-refractivity contribution is 0.122. The number of aryl methyl sites for hydroxylation is 1. The summed E-state index contributed by atoms with van der Waals surface area (Å²) in [4.78, 5) is 9.70. The van der Waals surface area contributed by atoms with Crippen molar-refractivity contribution in [3.63, 3.8) is 0 Å². The first-order valence-electron chi connectivity index (χ1n) is 8.56. The first kappa shape index (κ1) is 18.0. The van der Waals surface area contributed by atoms with Crippen LogP contribution in [0.25, 0.3) is 5.65 Å². The molecule has 6 nitrogen and oxygen atoms in total. The van der Waals surface area contributed by atoms with E-state index >= 15 is 0 Å². The van der Waals surface area contributed by atoms with Gasteiger partial charge in [-0.2, -0.15) is 0 Å². The van der Waals surface area contributed by atoms with Crippen molar-refractivity contribution < 1.29 is 18.4 Å². The maximum Gasteiger partial charge on any atom is 0.280 e. The summed E-state index contributed by atoms with van der Waals surface area (Å²) in [6.07, 6.45) is 5.02. The summed E-state index contributed by atoms with van der Waals surface area (Å²) in [5.74, 6) is 0.433. The second kappa shape index (κ2) is 8.07. The van der Waals surface area contributed by atoms with Crippen LogP contribution in [-0.4, -0.2) is 22.5 Å². The number of hydrogen-bond donors (Lipinski definition) is 2. The van der Waals surface area contributed by atoms with E-state index in [1.807, 2.05) is 13.1 Å². The van der Waals surface area contributed by atoms with Gasteiger partial charge in [0.1, 0.15) is 5.69 Å². The van der Waals surface area contributed by atoms with Crippen LogP contribution in [0.1, 0.15) is 55.5 Å². The number of alkyl halides is 2. The Labute approximate surface area is 145 Å². The van der Waals surface area contributed by atoms with Gasteiger partial charge in [-0.15, -0.1) is 0 Å². The Kier molecular flexibility index (Phi) is 5.82. The van der Waals surface area contributed by atoms with Crippen molar-refractivity contribution in [2.45, 2.75) is 58.1 Å². The van der Waals surface area contributed by atoms with Crippen LogP contribution in [0.5, 0.6) is 5.75 Å². The number of hydrazine groups is 1. The number of rotatable bonds is 7. The van der Waals surface area contributed by atoms with Crippen molar-refractivity contribution in [2.75, 3.05) is 7.11 Å². The number of nitrogens with one attached hydrogen (secondary N) is 2. The summed E-state index contributed by atoms with van der Waals surface area (Å²) >= 11 is 0. The number of hydrogen-bond acceptors (Lipinski definition) is 5. The normalized spacial score (nSPS) is 16.0. The van der Waals surface area contributed by atoms with Gasteiger partial charge in [0.2, 0.25) is 0 Å². The third-order valence-electron chi connectivity index (χ3n) is 4.51.